The maximum Gasteiger partial charge on any atom is 0.490 e. The number of carboxylic acids is 3. The zero-order chi connectivity index (χ0) is 19.2. The highest BCUT2D eigenvalue weighted by atomic mass is 19.4. The van der Waals surface area contributed by atoms with E-state index < -0.39 is 36.5 Å². The van der Waals surface area contributed by atoms with Crippen LogP contribution in [0.2, 0.25) is 0 Å². The van der Waals surface area contributed by atoms with Gasteiger partial charge < -0.3 is 25.1 Å². The Balaban J connectivity index is 0.000000381. The van der Waals surface area contributed by atoms with E-state index in [4.69, 9.17) is 24.5 Å². The Hall–Kier alpha value is -3.31. The molecule has 1 heterocycles. The predicted molar refractivity (Wildman–Crippen MR) is 75.0 cm³/mol. The lowest BCUT2D eigenvalue weighted by Crippen LogP contribution is -2.31. The number of rotatable bonds is 5. The van der Waals surface area contributed by atoms with Crippen molar-refractivity contribution in [3.8, 4) is 0 Å². The van der Waals surface area contributed by atoms with Crippen molar-refractivity contribution in [1.29, 1.82) is 0 Å². The zero-order valence-electron chi connectivity index (χ0n) is 12.1. The van der Waals surface area contributed by atoms with Crippen LogP contribution in [-0.4, -0.2) is 50.4 Å². The number of para-hydroxylation sites is 2. The second-order valence-electron chi connectivity index (χ2n) is 4.42. The van der Waals surface area contributed by atoms with Crippen molar-refractivity contribution in [2.75, 3.05) is 5.32 Å². The van der Waals surface area contributed by atoms with Gasteiger partial charge in [-0.05, 0) is 12.1 Å². The molecule has 25 heavy (non-hydrogen) atoms. The van der Waals surface area contributed by atoms with Crippen molar-refractivity contribution in [2.45, 2.75) is 18.6 Å². The van der Waals surface area contributed by atoms with Gasteiger partial charge in [0.05, 0.1) is 6.42 Å². The van der Waals surface area contributed by atoms with Gasteiger partial charge in [0.15, 0.2) is 5.58 Å². The molecule has 0 aliphatic rings. The summed E-state index contributed by atoms with van der Waals surface area (Å²) in [4.78, 5) is 34.3. The van der Waals surface area contributed by atoms with Gasteiger partial charge in [0.1, 0.15) is 11.6 Å². The number of hydrogen-bond acceptors (Lipinski definition) is 6. The smallest absolute Gasteiger partial charge is 0.481 e. The van der Waals surface area contributed by atoms with Crippen molar-refractivity contribution in [1.82, 2.24) is 4.98 Å². The van der Waals surface area contributed by atoms with E-state index in [0.717, 1.165) is 0 Å². The average Bonchev–Trinajstić information content (AvgIpc) is 2.87. The Labute approximate surface area is 136 Å². The van der Waals surface area contributed by atoms with Crippen LogP contribution >= 0.6 is 0 Å². The van der Waals surface area contributed by atoms with Crippen LogP contribution in [0.5, 0.6) is 0 Å². The van der Waals surface area contributed by atoms with E-state index in [1.807, 2.05) is 0 Å². The quantitative estimate of drug-likeness (QED) is 0.622. The van der Waals surface area contributed by atoms with Crippen LogP contribution in [-0.2, 0) is 14.4 Å². The van der Waals surface area contributed by atoms with Crippen molar-refractivity contribution < 1.29 is 47.3 Å². The lowest BCUT2D eigenvalue weighted by atomic mass is 10.2. The van der Waals surface area contributed by atoms with Crippen LogP contribution in [0, 0.1) is 0 Å². The van der Waals surface area contributed by atoms with Crippen LogP contribution in [0.3, 0.4) is 0 Å². The molecule has 1 aromatic heterocycles. The number of halogens is 3. The van der Waals surface area contributed by atoms with E-state index in [2.05, 4.69) is 10.3 Å². The molecule has 0 bridgehead atoms. The predicted octanol–water partition coefficient (Wildman–Crippen LogP) is 1.80. The Morgan fingerprint density at radius 1 is 1.16 bits per heavy atom. The van der Waals surface area contributed by atoms with Gasteiger partial charge in [0.25, 0.3) is 6.01 Å². The Kier molecular flexibility index (Phi) is 6.31. The first-order chi connectivity index (χ1) is 11.5. The molecule has 9 nitrogen and oxygen atoms in total. The second-order valence-corrected chi connectivity index (χ2v) is 4.42. The summed E-state index contributed by atoms with van der Waals surface area (Å²) < 4.78 is 37.0. The molecule has 0 unspecified atom stereocenters. The van der Waals surface area contributed by atoms with Gasteiger partial charge in [-0.15, -0.1) is 0 Å². The third-order valence-corrected chi connectivity index (χ3v) is 2.51. The number of aromatic nitrogens is 1. The molecule has 0 fully saturated rings. The third-order valence-electron chi connectivity index (χ3n) is 2.51. The van der Waals surface area contributed by atoms with Crippen molar-refractivity contribution >= 4 is 35.0 Å². The third kappa shape index (κ3) is 6.37. The average molecular weight is 364 g/mol. The molecule has 0 amide bonds. The maximum absolute atomic E-state index is 10.9. The number of alkyl halides is 3. The van der Waals surface area contributed by atoms with Gasteiger partial charge in [0, 0.05) is 0 Å². The Morgan fingerprint density at radius 2 is 1.72 bits per heavy atom. The molecule has 0 spiro atoms. The van der Waals surface area contributed by atoms with Gasteiger partial charge >= 0.3 is 24.1 Å². The number of anilines is 1. The van der Waals surface area contributed by atoms with Crippen LogP contribution < -0.4 is 5.32 Å². The first-order valence-electron chi connectivity index (χ1n) is 6.37. The summed E-state index contributed by atoms with van der Waals surface area (Å²) in [6, 6.07) is 5.61. The summed E-state index contributed by atoms with van der Waals surface area (Å²) in [7, 11) is 0. The van der Waals surface area contributed by atoms with Crippen molar-refractivity contribution in [2.24, 2.45) is 0 Å². The van der Waals surface area contributed by atoms with Gasteiger partial charge in [-0.1, -0.05) is 12.1 Å². The van der Waals surface area contributed by atoms with Crippen LogP contribution in [0.1, 0.15) is 6.42 Å². The second kappa shape index (κ2) is 7.99. The number of carboxylic acid groups (broad SMARTS) is 3. The molecule has 1 aromatic carbocycles. The summed E-state index contributed by atoms with van der Waals surface area (Å²) in [5.41, 5.74) is 1.07. The number of benzene rings is 1. The van der Waals surface area contributed by atoms with E-state index >= 15 is 0 Å². The standard InChI is InChI=1S/C11H10N2O5.C2HF3O2/c14-9(15)5-7(10(16)17)13-11-12-6-3-1-2-4-8(6)18-11;3-2(4,5)1(6)7/h1-4,7H,5H2,(H,12,13)(H,14,15)(H,16,17);(H,6,7)/t7-;/m1./s1. The van der Waals surface area contributed by atoms with Crippen LogP contribution in [0.4, 0.5) is 19.2 Å². The number of oxazole rings is 1. The Bertz CT molecular complexity index is 739. The molecule has 2 aromatic rings. The number of nitrogens with one attached hydrogen (secondary N) is 1. The highest BCUT2D eigenvalue weighted by Crippen LogP contribution is 2.19. The van der Waals surface area contributed by atoms with Gasteiger partial charge in [-0.3, -0.25) is 4.79 Å². The lowest BCUT2D eigenvalue weighted by Gasteiger charge is -2.09. The number of carbonyl (C=O) groups is 3. The van der Waals surface area contributed by atoms with E-state index in [1.165, 1.54) is 0 Å². The topological polar surface area (TPSA) is 150 Å². The minimum atomic E-state index is -5.08. The molecular weight excluding hydrogens is 353 g/mol. The van der Waals surface area contributed by atoms with E-state index in [-0.39, 0.29) is 6.01 Å². The summed E-state index contributed by atoms with van der Waals surface area (Å²) in [5.74, 6) is -5.25. The maximum atomic E-state index is 10.9. The van der Waals surface area contributed by atoms with Crippen LogP contribution in [0.15, 0.2) is 28.7 Å². The largest absolute Gasteiger partial charge is 0.490 e. The summed E-state index contributed by atoms with van der Waals surface area (Å²) >= 11 is 0. The lowest BCUT2D eigenvalue weighted by molar-refractivity contribution is -0.192. The number of fused-ring (bicyclic) bond motifs is 1. The van der Waals surface area contributed by atoms with Gasteiger partial charge in [0.2, 0.25) is 0 Å². The zero-order valence-corrected chi connectivity index (χ0v) is 12.1. The number of aliphatic carboxylic acids is 3. The summed E-state index contributed by atoms with van der Waals surface area (Å²) in [6.45, 7) is 0. The summed E-state index contributed by atoms with van der Waals surface area (Å²) in [5, 5.41) is 27.0. The first-order valence-corrected chi connectivity index (χ1v) is 6.37. The monoisotopic (exact) mass is 364 g/mol. The first kappa shape index (κ1) is 19.7. The highest BCUT2D eigenvalue weighted by Gasteiger charge is 2.38. The molecule has 0 aliphatic heterocycles. The molecule has 0 radical (unpaired) electrons. The van der Waals surface area contributed by atoms with E-state index in [1.54, 1.807) is 24.3 Å². The fourth-order valence-electron chi connectivity index (χ4n) is 1.46. The number of hydrogen-bond donors (Lipinski definition) is 4. The molecule has 4 N–H and O–H groups in total. The summed E-state index contributed by atoms with van der Waals surface area (Å²) in [6.07, 6.45) is -5.64. The minimum absolute atomic E-state index is 0.00940. The number of nitrogens with zero attached hydrogens (tertiary/aromatic N) is 1. The highest BCUT2D eigenvalue weighted by molar-refractivity contribution is 5.83. The SMILES string of the molecule is O=C(O)C(F)(F)F.O=C(O)C[C@@H](Nc1nc2ccccc2o1)C(=O)O. The molecule has 1 atom stereocenters. The van der Waals surface area contributed by atoms with Gasteiger partial charge in [-0.25, -0.2) is 9.59 Å². The fourth-order valence-corrected chi connectivity index (χ4v) is 1.46. The molecule has 0 saturated heterocycles. The minimum Gasteiger partial charge on any atom is -0.481 e. The van der Waals surface area contributed by atoms with Crippen LogP contribution in [0.25, 0.3) is 11.1 Å². The molecule has 2 rings (SSSR count). The molecule has 0 saturated carbocycles. The van der Waals surface area contributed by atoms with Gasteiger partial charge in [-0.2, -0.15) is 18.2 Å². The van der Waals surface area contributed by atoms with Crippen molar-refractivity contribution in [3.63, 3.8) is 0 Å². The van der Waals surface area contributed by atoms with Crippen molar-refractivity contribution in [3.05, 3.63) is 24.3 Å². The molecule has 0 aliphatic carbocycles. The van der Waals surface area contributed by atoms with E-state index in [0.29, 0.717) is 11.1 Å². The normalized spacial score (nSPS) is 12.0. The molecular formula is C13H11F3N2O7. The fraction of sp³-hybridized carbons (Fsp3) is 0.231. The molecule has 12 heteroatoms. The van der Waals surface area contributed by atoms with E-state index in [9.17, 15) is 22.8 Å². The molecule has 136 valence electrons. The Morgan fingerprint density at radius 3 is 2.16 bits per heavy atom.